The summed E-state index contributed by atoms with van der Waals surface area (Å²) in [5.41, 5.74) is 3.91. The highest BCUT2D eigenvalue weighted by atomic mass is 19.1. The first kappa shape index (κ1) is 23.9. The lowest BCUT2D eigenvalue weighted by atomic mass is 10.0. The number of aryl methyl sites for hydroxylation is 1. The molecular formula is C26H27F2N3O2. The number of nitrogens with one attached hydrogen (secondary N) is 3. The first-order valence-corrected chi connectivity index (χ1v) is 10.7. The zero-order chi connectivity index (χ0) is 23.8. The maximum absolute atomic E-state index is 13.2. The van der Waals surface area contributed by atoms with Crippen LogP contribution in [0.5, 0.6) is 5.75 Å². The second kappa shape index (κ2) is 11.2. The van der Waals surface area contributed by atoms with Crippen molar-refractivity contribution in [3.63, 3.8) is 0 Å². The lowest BCUT2D eigenvalue weighted by Gasteiger charge is -2.27. The van der Waals surface area contributed by atoms with Gasteiger partial charge in [0, 0.05) is 23.2 Å². The molecule has 1 unspecified atom stereocenters. The molecule has 0 fully saturated rings. The summed E-state index contributed by atoms with van der Waals surface area (Å²) in [6.07, 6.45) is 1.52. The fraction of sp³-hybridized carbons (Fsp3) is 0.231. The lowest BCUT2D eigenvalue weighted by molar-refractivity contribution is -0.123. The Morgan fingerprint density at radius 3 is 2.39 bits per heavy atom. The summed E-state index contributed by atoms with van der Waals surface area (Å²) in [5, 5.41) is 13.6. The molecular weight excluding hydrogens is 424 g/mol. The smallest absolute Gasteiger partial charge is 0.251 e. The molecule has 1 amide bonds. The molecule has 7 heteroatoms. The number of rotatable bonds is 10. The van der Waals surface area contributed by atoms with Crippen molar-refractivity contribution in [2.75, 3.05) is 12.0 Å². The lowest BCUT2D eigenvalue weighted by Crippen LogP contribution is -2.40. The van der Waals surface area contributed by atoms with Crippen LogP contribution >= 0.6 is 0 Å². The summed E-state index contributed by atoms with van der Waals surface area (Å²) in [4.78, 5) is 11.6. The van der Waals surface area contributed by atoms with Gasteiger partial charge in [0.2, 0.25) is 0 Å². The summed E-state index contributed by atoms with van der Waals surface area (Å²) >= 11 is 0. The van der Waals surface area contributed by atoms with Gasteiger partial charge in [0.1, 0.15) is 17.7 Å². The number of amides is 1. The predicted molar refractivity (Wildman–Crippen MR) is 127 cm³/mol. The third-order valence-corrected chi connectivity index (χ3v) is 5.25. The van der Waals surface area contributed by atoms with E-state index in [0.717, 1.165) is 12.0 Å². The molecule has 5 nitrogen and oxygen atoms in total. The number of alkyl halides is 1. The number of hydrogen-bond acceptors (Lipinski definition) is 4. The van der Waals surface area contributed by atoms with Crippen LogP contribution in [0.4, 0.5) is 20.2 Å². The van der Waals surface area contributed by atoms with Crippen molar-refractivity contribution in [2.45, 2.75) is 32.4 Å². The van der Waals surface area contributed by atoms with Gasteiger partial charge < -0.3 is 20.8 Å². The van der Waals surface area contributed by atoms with E-state index in [1.54, 1.807) is 37.3 Å². The van der Waals surface area contributed by atoms with Gasteiger partial charge in [-0.25, -0.2) is 8.78 Å². The molecule has 0 aliphatic rings. The zero-order valence-corrected chi connectivity index (χ0v) is 18.6. The molecule has 3 aromatic carbocycles. The summed E-state index contributed by atoms with van der Waals surface area (Å²) in [6.45, 7) is 2.72. The predicted octanol–water partition coefficient (Wildman–Crippen LogP) is 5.72. The molecule has 0 spiro atoms. The Morgan fingerprint density at radius 1 is 1.09 bits per heavy atom. The van der Waals surface area contributed by atoms with Crippen molar-refractivity contribution in [3.05, 3.63) is 89.2 Å². The SMILES string of the molecule is CCc1ccc([C@@H](Oc2ccc(Nc3ccc(F)cc3)c(C=N)c2)C(C)NC(=O)CF)cc1. The minimum absolute atomic E-state index is 0.330. The molecule has 0 aromatic heterocycles. The summed E-state index contributed by atoms with van der Waals surface area (Å²) in [5.74, 6) is -0.548. The van der Waals surface area contributed by atoms with Gasteiger partial charge in [-0.2, -0.15) is 0 Å². The van der Waals surface area contributed by atoms with Crippen LogP contribution in [0, 0.1) is 11.2 Å². The van der Waals surface area contributed by atoms with Crippen LogP contribution in [0.15, 0.2) is 66.7 Å². The van der Waals surface area contributed by atoms with Crippen molar-refractivity contribution in [1.29, 1.82) is 5.41 Å². The molecule has 0 aliphatic heterocycles. The number of hydrogen-bond donors (Lipinski definition) is 3. The highest BCUT2D eigenvalue weighted by Gasteiger charge is 2.23. The molecule has 3 rings (SSSR count). The molecule has 0 heterocycles. The molecule has 33 heavy (non-hydrogen) atoms. The van der Waals surface area contributed by atoms with Gasteiger partial charge in [0.15, 0.2) is 6.67 Å². The van der Waals surface area contributed by atoms with Crippen molar-refractivity contribution >= 4 is 23.5 Å². The van der Waals surface area contributed by atoms with Crippen LogP contribution in [0.2, 0.25) is 0 Å². The van der Waals surface area contributed by atoms with E-state index in [1.807, 2.05) is 24.3 Å². The van der Waals surface area contributed by atoms with Crippen LogP contribution in [0.25, 0.3) is 0 Å². The van der Waals surface area contributed by atoms with E-state index in [2.05, 4.69) is 17.6 Å². The van der Waals surface area contributed by atoms with Crippen LogP contribution in [-0.2, 0) is 11.2 Å². The summed E-state index contributed by atoms with van der Waals surface area (Å²) < 4.78 is 32.2. The molecule has 0 radical (unpaired) electrons. The summed E-state index contributed by atoms with van der Waals surface area (Å²) in [6, 6.07) is 18.5. The summed E-state index contributed by atoms with van der Waals surface area (Å²) in [7, 11) is 0. The van der Waals surface area contributed by atoms with Gasteiger partial charge in [0.05, 0.1) is 6.04 Å². The Bertz CT molecular complexity index is 1090. The highest BCUT2D eigenvalue weighted by Crippen LogP contribution is 2.29. The maximum Gasteiger partial charge on any atom is 0.251 e. The van der Waals surface area contributed by atoms with Crippen LogP contribution in [0.3, 0.4) is 0 Å². The Morgan fingerprint density at radius 2 is 1.79 bits per heavy atom. The zero-order valence-electron chi connectivity index (χ0n) is 18.6. The second-order valence-electron chi connectivity index (χ2n) is 7.65. The van der Waals surface area contributed by atoms with Gasteiger partial charge in [-0.15, -0.1) is 0 Å². The van der Waals surface area contributed by atoms with E-state index >= 15 is 0 Å². The van der Waals surface area contributed by atoms with Crippen LogP contribution in [0.1, 0.15) is 36.6 Å². The molecule has 172 valence electrons. The van der Waals surface area contributed by atoms with Crippen molar-refractivity contribution in [3.8, 4) is 5.75 Å². The van der Waals surface area contributed by atoms with Gasteiger partial charge in [-0.05, 0) is 66.9 Å². The normalized spacial score (nSPS) is 12.5. The number of halogens is 2. The Hall–Kier alpha value is -3.74. The fourth-order valence-electron chi connectivity index (χ4n) is 3.45. The largest absolute Gasteiger partial charge is 0.484 e. The molecule has 3 aromatic rings. The molecule has 0 saturated heterocycles. The van der Waals surface area contributed by atoms with E-state index in [9.17, 15) is 13.6 Å². The van der Waals surface area contributed by atoms with Gasteiger partial charge >= 0.3 is 0 Å². The third-order valence-electron chi connectivity index (χ3n) is 5.25. The molecule has 0 saturated carbocycles. The topological polar surface area (TPSA) is 74.2 Å². The van der Waals surface area contributed by atoms with E-state index in [1.165, 1.54) is 23.9 Å². The minimum atomic E-state index is -1.10. The number of carbonyl (C=O) groups is 1. The number of anilines is 2. The van der Waals surface area contributed by atoms with E-state index < -0.39 is 24.7 Å². The highest BCUT2D eigenvalue weighted by molar-refractivity contribution is 5.88. The van der Waals surface area contributed by atoms with E-state index in [4.69, 9.17) is 10.1 Å². The molecule has 2 atom stereocenters. The first-order valence-electron chi connectivity index (χ1n) is 10.7. The van der Waals surface area contributed by atoms with Gasteiger partial charge in [0.25, 0.3) is 5.91 Å². The number of benzene rings is 3. The molecule has 3 N–H and O–H groups in total. The van der Waals surface area contributed by atoms with Crippen molar-refractivity contribution in [1.82, 2.24) is 5.32 Å². The maximum atomic E-state index is 13.2. The van der Waals surface area contributed by atoms with Gasteiger partial charge in [-0.3, -0.25) is 4.79 Å². The Balaban J connectivity index is 1.86. The fourth-order valence-corrected chi connectivity index (χ4v) is 3.45. The monoisotopic (exact) mass is 451 g/mol. The Labute approximate surface area is 192 Å². The quantitative estimate of drug-likeness (QED) is 0.345. The number of carbonyl (C=O) groups excluding carboxylic acids is 1. The number of ether oxygens (including phenoxy) is 1. The van der Waals surface area contributed by atoms with Crippen molar-refractivity contribution < 1.29 is 18.3 Å². The third kappa shape index (κ3) is 6.38. The first-order chi connectivity index (χ1) is 15.9. The Kier molecular flexibility index (Phi) is 8.13. The second-order valence-corrected chi connectivity index (χ2v) is 7.65. The average Bonchev–Trinajstić information content (AvgIpc) is 2.84. The molecule has 0 aliphatic carbocycles. The average molecular weight is 452 g/mol. The minimum Gasteiger partial charge on any atom is -0.484 e. The standard InChI is InChI=1S/C26H27F2N3O2/c1-3-18-4-6-19(7-5-18)26(17(2)30-25(32)15-27)33-23-12-13-24(20(14-23)16-29)31-22-10-8-21(28)9-11-22/h4-14,16-17,26,29,31H,3,15H2,1-2H3,(H,30,32)/t17?,26-/m0/s1. The van der Waals surface area contributed by atoms with Gasteiger partial charge in [-0.1, -0.05) is 31.2 Å². The molecule has 0 bridgehead atoms. The van der Waals surface area contributed by atoms with Crippen LogP contribution < -0.4 is 15.4 Å². The van der Waals surface area contributed by atoms with Crippen LogP contribution in [-0.4, -0.2) is 24.8 Å². The van der Waals surface area contributed by atoms with Crippen molar-refractivity contribution in [2.24, 2.45) is 0 Å². The van der Waals surface area contributed by atoms with E-state index in [-0.39, 0.29) is 5.82 Å². The van der Waals surface area contributed by atoms with E-state index in [0.29, 0.717) is 22.7 Å².